The molecule has 20 heavy (non-hydrogen) atoms. The molecule has 1 nitrogen and oxygen atoms in total. The van der Waals surface area contributed by atoms with E-state index in [-0.39, 0.29) is 0 Å². The maximum atomic E-state index is 11.9. The predicted octanol–water partition coefficient (Wildman–Crippen LogP) is 5.62. The van der Waals surface area contributed by atoms with E-state index in [0.29, 0.717) is 15.1 Å². The Morgan fingerprint density at radius 2 is 1.65 bits per heavy atom. The SMILES string of the molecule is FC(F)(F)c1cccc(Br)c1.O=Cc1ccc(Cl)cc1. The molecule has 0 fully saturated rings. The van der Waals surface area contributed by atoms with Crippen molar-refractivity contribution in [1.82, 2.24) is 0 Å². The molecule has 0 saturated carbocycles. The van der Waals surface area contributed by atoms with Crippen molar-refractivity contribution >= 4 is 33.8 Å². The zero-order valence-electron chi connectivity index (χ0n) is 9.99. The monoisotopic (exact) mass is 364 g/mol. The van der Waals surface area contributed by atoms with Crippen molar-refractivity contribution in [3.63, 3.8) is 0 Å². The zero-order valence-corrected chi connectivity index (χ0v) is 12.3. The van der Waals surface area contributed by atoms with Gasteiger partial charge in [-0.15, -0.1) is 0 Å². The molecule has 0 aliphatic heterocycles. The number of carbonyl (C=O) groups excluding carboxylic acids is 1. The molecule has 0 unspecified atom stereocenters. The number of alkyl halides is 3. The molecule has 0 aromatic heterocycles. The topological polar surface area (TPSA) is 17.1 Å². The summed E-state index contributed by atoms with van der Waals surface area (Å²) in [4.78, 5) is 10.1. The third-order valence-electron chi connectivity index (χ3n) is 2.16. The number of aldehydes is 1. The Hall–Kier alpha value is -1.33. The van der Waals surface area contributed by atoms with Gasteiger partial charge in [0, 0.05) is 15.1 Å². The van der Waals surface area contributed by atoms with Crippen LogP contribution in [0.25, 0.3) is 0 Å². The van der Waals surface area contributed by atoms with Crippen molar-refractivity contribution in [3.8, 4) is 0 Å². The number of halogens is 5. The third-order valence-corrected chi connectivity index (χ3v) is 2.90. The van der Waals surface area contributed by atoms with Crippen molar-refractivity contribution in [3.05, 3.63) is 69.2 Å². The average molecular weight is 366 g/mol. The second-order valence-electron chi connectivity index (χ2n) is 3.68. The highest BCUT2D eigenvalue weighted by molar-refractivity contribution is 9.10. The number of carbonyl (C=O) groups is 1. The van der Waals surface area contributed by atoms with Crippen LogP contribution in [0, 0.1) is 0 Å². The molecule has 0 spiro atoms. The van der Waals surface area contributed by atoms with Gasteiger partial charge in [-0.3, -0.25) is 4.79 Å². The van der Waals surface area contributed by atoms with Crippen LogP contribution in [0.15, 0.2) is 53.0 Å². The van der Waals surface area contributed by atoms with Crippen LogP contribution in [0.1, 0.15) is 15.9 Å². The minimum absolute atomic E-state index is 0.437. The molecule has 0 aliphatic rings. The molecule has 0 bridgehead atoms. The van der Waals surface area contributed by atoms with Crippen LogP contribution in [0.4, 0.5) is 13.2 Å². The first kappa shape index (κ1) is 16.7. The van der Waals surface area contributed by atoms with Gasteiger partial charge in [0.25, 0.3) is 0 Å². The summed E-state index contributed by atoms with van der Waals surface area (Å²) in [7, 11) is 0. The van der Waals surface area contributed by atoms with Gasteiger partial charge in [-0.25, -0.2) is 0 Å². The van der Waals surface area contributed by atoms with Gasteiger partial charge < -0.3 is 0 Å². The minimum Gasteiger partial charge on any atom is -0.298 e. The molecule has 2 aromatic rings. The van der Waals surface area contributed by atoms with Gasteiger partial charge in [0.15, 0.2) is 0 Å². The number of benzene rings is 2. The second kappa shape index (κ2) is 7.45. The van der Waals surface area contributed by atoms with Gasteiger partial charge in [-0.2, -0.15) is 13.2 Å². The molecule has 0 heterocycles. The van der Waals surface area contributed by atoms with Gasteiger partial charge in [0.2, 0.25) is 0 Å². The number of hydrogen-bond acceptors (Lipinski definition) is 1. The molecule has 6 heteroatoms. The fourth-order valence-electron chi connectivity index (χ4n) is 1.21. The molecule has 2 aromatic carbocycles. The van der Waals surface area contributed by atoms with Crippen LogP contribution in [0.3, 0.4) is 0 Å². The first-order valence-electron chi connectivity index (χ1n) is 5.36. The van der Waals surface area contributed by atoms with Crippen molar-refractivity contribution in [1.29, 1.82) is 0 Å². The van der Waals surface area contributed by atoms with E-state index in [4.69, 9.17) is 11.6 Å². The standard InChI is InChI=1S/C7H4BrF3.C7H5ClO/c8-6-3-1-2-5(4-6)7(9,10)11;8-7-3-1-6(5-9)2-4-7/h1-4H;1-5H. The van der Waals surface area contributed by atoms with Crippen LogP contribution in [0.2, 0.25) is 5.02 Å². The molecule has 0 saturated heterocycles. The van der Waals surface area contributed by atoms with Gasteiger partial charge in [-0.05, 0) is 30.3 Å². The summed E-state index contributed by atoms with van der Waals surface area (Å²) in [6.07, 6.45) is -3.46. The van der Waals surface area contributed by atoms with Crippen molar-refractivity contribution in [2.45, 2.75) is 6.18 Å². The van der Waals surface area contributed by atoms with Gasteiger partial charge in [0.1, 0.15) is 6.29 Å². The van der Waals surface area contributed by atoms with Crippen LogP contribution >= 0.6 is 27.5 Å². The lowest BCUT2D eigenvalue weighted by molar-refractivity contribution is -0.137. The Balaban J connectivity index is 0.000000204. The Kier molecular flexibility index (Phi) is 6.23. The lowest BCUT2D eigenvalue weighted by Gasteiger charge is -2.05. The Bertz CT molecular complexity index is 567. The van der Waals surface area contributed by atoms with Crippen molar-refractivity contribution in [2.75, 3.05) is 0 Å². The van der Waals surface area contributed by atoms with Crippen LogP contribution in [-0.4, -0.2) is 6.29 Å². The molecule has 0 atom stereocenters. The van der Waals surface area contributed by atoms with E-state index in [1.54, 1.807) is 30.3 Å². The van der Waals surface area contributed by atoms with Gasteiger partial charge in [-0.1, -0.05) is 45.7 Å². The highest BCUT2D eigenvalue weighted by Crippen LogP contribution is 2.30. The van der Waals surface area contributed by atoms with Gasteiger partial charge in [0.05, 0.1) is 5.56 Å². The molecule has 0 amide bonds. The van der Waals surface area contributed by atoms with E-state index in [0.717, 1.165) is 18.4 Å². The smallest absolute Gasteiger partial charge is 0.298 e. The molecule has 0 radical (unpaired) electrons. The Labute approximate surface area is 127 Å². The number of rotatable bonds is 1. The maximum Gasteiger partial charge on any atom is 0.416 e. The van der Waals surface area contributed by atoms with E-state index in [1.165, 1.54) is 6.07 Å². The fourth-order valence-corrected chi connectivity index (χ4v) is 1.73. The summed E-state index contributed by atoms with van der Waals surface area (Å²) in [5, 5.41) is 0.653. The first-order valence-corrected chi connectivity index (χ1v) is 6.53. The average Bonchev–Trinajstić information content (AvgIpc) is 2.39. The Morgan fingerprint density at radius 1 is 1.05 bits per heavy atom. The summed E-state index contributed by atoms with van der Waals surface area (Å²) >= 11 is 8.51. The summed E-state index contributed by atoms with van der Waals surface area (Å²) in [6, 6.07) is 11.7. The van der Waals surface area contributed by atoms with E-state index >= 15 is 0 Å². The van der Waals surface area contributed by atoms with E-state index in [1.807, 2.05) is 0 Å². The van der Waals surface area contributed by atoms with Crippen molar-refractivity contribution < 1.29 is 18.0 Å². The normalized spacial score (nSPS) is 10.4. The first-order chi connectivity index (χ1) is 9.32. The molecular weight excluding hydrogens is 357 g/mol. The van der Waals surface area contributed by atoms with Gasteiger partial charge >= 0.3 is 6.18 Å². The maximum absolute atomic E-state index is 11.9. The molecule has 2 rings (SSSR count). The van der Waals surface area contributed by atoms with Crippen LogP contribution in [0.5, 0.6) is 0 Å². The molecule has 0 N–H and O–H groups in total. The zero-order chi connectivity index (χ0) is 15.2. The molecule has 106 valence electrons. The summed E-state index contributed by atoms with van der Waals surface area (Å²) in [6.45, 7) is 0. The van der Waals surface area contributed by atoms with Crippen molar-refractivity contribution in [2.24, 2.45) is 0 Å². The quantitative estimate of drug-likeness (QED) is 0.599. The highest BCUT2D eigenvalue weighted by Gasteiger charge is 2.30. The van der Waals surface area contributed by atoms with E-state index in [2.05, 4.69) is 15.9 Å². The third kappa shape index (κ3) is 5.75. The highest BCUT2D eigenvalue weighted by atomic mass is 79.9. The van der Waals surface area contributed by atoms with E-state index < -0.39 is 11.7 Å². The number of hydrogen-bond donors (Lipinski definition) is 0. The summed E-state index contributed by atoms with van der Waals surface area (Å²) in [5.41, 5.74) is 0.0197. The molecule has 0 aliphatic carbocycles. The predicted molar refractivity (Wildman–Crippen MR) is 76.0 cm³/mol. The lowest BCUT2D eigenvalue weighted by atomic mass is 10.2. The largest absolute Gasteiger partial charge is 0.416 e. The Morgan fingerprint density at radius 3 is 2.05 bits per heavy atom. The summed E-state index contributed by atoms with van der Waals surface area (Å²) < 4.78 is 36.3. The second-order valence-corrected chi connectivity index (χ2v) is 5.03. The molecular formula is C14H9BrClF3O. The fraction of sp³-hybridized carbons (Fsp3) is 0.0714. The van der Waals surface area contributed by atoms with Crippen LogP contribution < -0.4 is 0 Å². The van der Waals surface area contributed by atoms with Crippen LogP contribution in [-0.2, 0) is 6.18 Å². The summed E-state index contributed by atoms with van der Waals surface area (Å²) in [5.74, 6) is 0. The van der Waals surface area contributed by atoms with E-state index in [9.17, 15) is 18.0 Å². The minimum atomic E-state index is -4.25. The lowest BCUT2D eigenvalue weighted by Crippen LogP contribution is -2.03.